The summed E-state index contributed by atoms with van der Waals surface area (Å²) in [5.41, 5.74) is 1.87. The molecule has 1 heterocycles. The molecule has 0 amide bonds. The van der Waals surface area contributed by atoms with Gasteiger partial charge >= 0.3 is 0 Å². The second-order valence-corrected chi connectivity index (χ2v) is 3.28. The zero-order valence-corrected chi connectivity index (χ0v) is 7.74. The fourth-order valence-corrected chi connectivity index (χ4v) is 1.48. The molecule has 0 unspecified atom stereocenters. The number of benzene rings is 1. The highest BCUT2D eigenvalue weighted by Crippen LogP contribution is 2.16. The van der Waals surface area contributed by atoms with Gasteiger partial charge in [-0.1, -0.05) is 11.6 Å². The normalized spacial score (nSPS) is 11.4. The molecule has 0 aliphatic heterocycles. The van der Waals surface area contributed by atoms with Crippen LogP contribution in [0.15, 0.2) is 24.4 Å². The van der Waals surface area contributed by atoms with Crippen LogP contribution in [0.5, 0.6) is 0 Å². The summed E-state index contributed by atoms with van der Waals surface area (Å²) in [6.45, 7) is 1.62. The van der Waals surface area contributed by atoms with Crippen LogP contribution in [0.1, 0.15) is 5.56 Å². The van der Waals surface area contributed by atoms with Crippen molar-refractivity contribution in [1.82, 2.24) is 9.78 Å². The molecule has 1 aromatic carbocycles. The van der Waals surface area contributed by atoms with Crippen molar-refractivity contribution < 1.29 is 8.78 Å². The third-order valence-electron chi connectivity index (χ3n) is 2.11. The molecule has 14 heavy (non-hydrogen) atoms. The standard InChI is InChI=1S/C10H10F2N2/c1-7-2-3-9-8(4-7)5-13-14(9)6-10(11)12/h2-5,10H,6H2,1H3. The Morgan fingerprint density at radius 1 is 1.43 bits per heavy atom. The van der Waals surface area contributed by atoms with E-state index < -0.39 is 6.43 Å². The van der Waals surface area contributed by atoms with Gasteiger partial charge in [0.2, 0.25) is 0 Å². The van der Waals surface area contributed by atoms with E-state index in [2.05, 4.69) is 5.10 Å². The van der Waals surface area contributed by atoms with Gasteiger partial charge in [-0.15, -0.1) is 0 Å². The number of nitrogens with zero attached hydrogens (tertiary/aromatic N) is 2. The third kappa shape index (κ3) is 1.60. The van der Waals surface area contributed by atoms with Gasteiger partial charge in [0.05, 0.1) is 11.7 Å². The quantitative estimate of drug-likeness (QED) is 0.721. The van der Waals surface area contributed by atoms with E-state index in [1.54, 1.807) is 6.20 Å². The van der Waals surface area contributed by atoms with Gasteiger partial charge in [0.1, 0.15) is 6.54 Å². The predicted molar refractivity (Wildman–Crippen MR) is 50.5 cm³/mol. The molecule has 2 aromatic rings. The van der Waals surface area contributed by atoms with Crippen LogP contribution in [0.25, 0.3) is 10.9 Å². The van der Waals surface area contributed by atoms with Crippen LogP contribution in [0.3, 0.4) is 0 Å². The molecular formula is C10H10F2N2. The van der Waals surface area contributed by atoms with Crippen LogP contribution in [-0.4, -0.2) is 16.2 Å². The molecule has 0 bridgehead atoms. The second-order valence-electron chi connectivity index (χ2n) is 3.28. The highest BCUT2D eigenvalue weighted by Gasteiger charge is 2.07. The highest BCUT2D eigenvalue weighted by molar-refractivity contribution is 5.79. The SMILES string of the molecule is Cc1ccc2c(cnn2CC(F)F)c1. The van der Waals surface area contributed by atoms with Crippen molar-refractivity contribution in [2.24, 2.45) is 0 Å². The Bertz CT molecular complexity index is 448. The molecule has 0 aliphatic carbocycles. The summed E-state index contributed by atoms with van der Waals surface area (Å²) in [7, 11) is 0. The van der Waals surface area contributed by atoms with Crippen molar-refractivity contribution in [1.29, 1.82) is 0 Å². The van der Waals surface area contributed by atoms with Crippen LogP contribution in [0.4, 0.5) is 8.78 Å². The lowest BCUT2D eigenvalue weighted by Crippen LogP contribution is -2.07. The van der Waals surface area contributed by atoms with Crippen LogP contribution in [0.2, 0.25) is 0 Å². The fraction of sp³-hybridized carbons (Fsp3) is 0.300. The van der Waals surface area contributed by atoms with E-state index in [0.29, 0.717) is 0 Å². The first kappa shape index (κ1) is 9.12. The van der Waals surface area contributed by atoms with E-state index >= 15 is 0 Å². The Morgan fingerprint density at radius 3 is 2.93 bits per heavy atom. The first-order valence-corrected chi connectivity index (χ1v) is 4.37. The van der Waals surface area contributed by atoms with Crippen LogP contribution in [-0.2, 0) is 6.54 Å². The molecule has 0 saturated heterocycles. The van der Waals surface area contributed by atoms with Crippen molar-refractivity contribution in [3.8, 4) is 0 Å². The minimum Gasteiger partial charge on any atom is -0.259 e. The molecule has 0 saturated carbocycles. The Kier molecular flexibility index (Phi) is 2.19. The van der Waals surface area contributed by atoms with Crippen molar-refractivity contribution in [3.05, 3.63) is 30.0 Å². The minimum atomic E-state index is -2.36. The number of alkyl halides is 2. The average Bonchev–Trinajstić information content (AvgIpc) is 2.47. The van der Waals surface area contributed by atoms with Crippen molar-refractivity contribution in [3.63, 3.8) is 0 Å². The summed E-state index contributed by atoms with van der Waals surface area (Å²) in [6.07, 6.45) is -0.746. The summed E-state index contributed by atoms with van der Waals surface area (Å²) in [4.78, 5) is 0. The molecule has 0 aliphatic rings. The van der Waals surface area contributed by atoms with Gasteiger partial charge in [-0.05, 0) is 19.1 Å². The van der Waals surface area contributed by atoms with Gasteiger partial charge in [0.15, 0.2) is 0 Å². The molecule has 0 N–H and O–H groups in total. The highest BCUT2D eigenvalue weighted by atomic mass is 19.3. The number of aryl methyl sites for hydroxylation is 1. The maximum absolute atomic E-state index is 12.1. The lowest BCUT2D eigenvalue weighted by Gasteiger charge is -2.01. The molecule has 1 aromatic heterocycles. The molecule has 0 fully saturated rings. The van der Waals surface area contributed by atoms with Crippen LogP contribution < -0.4 is 0 Å². The predicted octanol–water partition coefficient (Wildman–Crippen LogP) is 2.61. The number of hydrogen-bond donors (Lipinski definition) is 0. The second kappa shape index (κ2) is 3.36. The summed E-state index contributed by atoms with van der Waals surface area (Å²) < 4.78 is 25.6. The Labute approximate surface area is 80.1 Å². The van der Waals surface area contributed by atoms with Gasteiger partial charge in [-0.25, -0.2) is 8.78 Å². The summed E-state index contributed by atoms with van der Waals surface area (Å²) in [6, 6.07) is 5.65. The summed E-state index contributed by atoms with van der Waals surface area (Å²) in [5, 5.41) is 4.82. The van der Waals surface area contributed by atoms with E-state index in [4.69, 9.17) is 0 Å². The number of halogens is 2. The van der Waals surface area contributed by atoms with Crippen molar-refractivity contribution in [2.45, 2.75) is 19.9 Å². The van der Waals surface area contributed by atoms with E-state index in [1.807, 2.05) is 25.1 Å². The van der Waals surface area contributed by atoms with Gasteiger partial charge in [-0.2, -0.15) is 5.10 Å². The van der Waals surface area contributed by atoms with Crippen LogP contribution in [0, 0.1) is 6.92 Å². The maximum atomic E-state index is 12.1. The van der Waals surface area contributed by atoms with E-state index in [9.17, 15) is 8.78 Å². The zero-order valence-electron chi connectivity index (χ0n) is 7.74. The summed E-state index contributed by atoms with van der Waals surface area (Å²) in [5.74, 6) is 0. The van der Waals surface area contributed by atoms with Gasteiger partial charge < -0.3 is 0 Å². The Morgan fingerprint density at radius 2 is 2.21 bits per heavy atom. The van der Waals surface area contributed by atoms with E-state index in [-0.39, 0.29) is 6.54 Å². The van der Waals surface area contributed by atoms with Crippen molar-refractivity contribution >= 4 is 10.9 Å². The van der Waals surface area contributed by atoms with Gasteiger partial charge in [-0.3, -0.25) is 4.68 Å². The van der Waals surface area contributed by atoms with Crippen molar-refractivity contribution in [2.75, 3.05) is 0 Å². The smallest absolute Gasteiger partial charge is 0.257 e. The number of hydrogen-bond acceptors (Lipinski definition) is 1. The average molecular weight is 196 g/mol. The maximum Gasteiger partial charge on any atom is 0.257 e. The zero-order chi connectivity index (χ0) is 10.1. The first-order valence-electron chi connectivity index (χ1n) is 4.37. The molecule has 0 radical (unpaired) electrons. The van der Waals surface area contributed by atoms with Gasteiger partial charge in [0, 0.05) is 5.39 Å². The van der Waals surface area contributed by atoms with E-state index in [1.165, 1.54) is 4.68 Å². The fourth-order valence-electron chi connectivity index (χ4n) is 1.48. The Balaban J connectivity index is 2.47. The molecule has 0 atom stereocenters. The molecule has 2 nitrogen and oxygen atoms in total. The summed E-state index contributed by atoms with van der Waals surface area (Å²) >= 11 is 0. The van der Waals surface area contributed by atoms with Gasteiger partial charge in [0.25, 0.3) is 6.43 Å². The Hall–Kier alpha value is -1.45. The lowest BCUT2D eigenvalue weighted by molar-refractivity contribution is 0.123. The molecular weight excluding hydrogens is 186 g/mol. The largest absolute Gasteiger partial charge is 0.259 e. The number of aromatic nitrogens is 2. The monoisotopic (exact) mass is 196 g/mol. The van der Waals surface area contributed by atoms with Crippen LogP contribution >= 0.6 is 0 Å². The third-order valence-corrected chi connectivity index (χ3v) is 2.11. The number of rotatable bonds is 2. The molecule has 4 heteroatoms. The molecule has 74 valence electrons. The minimum absolute atomic E-state index is 0.341. The molecule has 2 rings (SSSR count). The number of fused-ring (bicyclic) bond motifs is 1. The lowest BCUT2D eigenvalue weighted by atomic mass is 10.2. The molecule has 0 spiro atoms. The van der Waals surface area contributed by atoms with E-state index in [0.717, 1.165) is 16.5 Å². The first-order chi connectivity index (χ1) is 6.66. The topological polar surface area (TPSA) is 17.8 Å².